The molecule has 0 radical (unpaired) electrons. The lowest BCUT2D eigenvalue weighted by Crippen LogP contribution is -2.15. The smallest absolute Gasteiger partial charge is 0.305 e. The highest BCUT2D eigenvalue weighted by molar-refractivity contribution is 5.69. The Bertz CT molecular complexity index is 598. The number of esters is 2. The van der Waals surface area contributed by atoms with E-state index in [1.165, 1.54) is 51.4 Å². The van der Waals surface area contributed by atoms with Crippen LogP contribution in [-0.2, 0) is 57.0 Å². The van der Waals surface area contributed by atoms with Crippen molar-refractivity contribution < 1.29 is 57.0 Å². The van der Waals surface area contributed by atoms with E-state index < -0.39 is 0 Å². The van der Waals surface area contributed by atoms with Crippen LogP contribution in [0.3, 0.4) is 0 Å². The van der Waals surface area contributed by atoms with Crippen molar-refractivity contribution in [2.75, 3.05) is 119 Å². The van der Waals surface area contributed by atoms with Gasteiger partial charge in [-0.15, -0.1) is 0 Å². The summed E-state index contributed by atoms with van der Waals surface area (Å²) in [6.45, 7) is 12.4. The molecule has 0 atom stereocenters. The minimum absolute atomic E-state index is 0.145. The van der Waals surface area contributed by atoms with E-state index in [0.29, 0.717) is 119 Å². The SMILES string of the molecule is CCCCCCCCC(=O)OCCOCCOCCOCCOCCOCCOCCOCCOCCOC(=O)CCCCCCCC. The van der Waals surface area contributed by atoms with E-state index in [1.807, 2.05) is 0 Å². The lowest BCUT2D eigenvalue weighted by Gasteiger charge is -2.09. The number of rotatable bonds is 41. The van der Waals surface area contributed by atoms with E-state index in [-0.39, 0.29) is 25.2 Å². The summed E-state index contributed by atoms with van der Waals surface area (Å²) in [4.78, 5) is 23.3. The summed E-state index contributed by atoms with van der Waals surface area (Å²) >= 11 is 0. The molecular weight excluding hydrogens is 624 g/mol. The van der Waals surface area contributed by atoms with Gasteiger partial charge in [-0.1, -0.05) is 78.1 Å². The number of hydrogen-bond acceptors (Lipinski definition) is 12. The Morgan fingerprint density at radius 1 is 0.292 bits per heavy atom. The molecule has 0 aliphatic rings. The topological polar surface area (TPSA) is 126 Å². The standard InChI is InChI=1S/C36H70O12/c1-3-5-7-9-11-13-15-35(37)47-33-31-45-29-27-43-25-23-41-21-19-39-17-18-40-20-22-42-24-26-44-28-30-46-32-34-48-36(38)16-14-12-10-8-6-4-2/h3-34H2,1-2H3. The number of hydrogen-bond donors (Lipinski definition) is 0. The molecular formula is C36H70O12. The summed E-state index contributed by atoms with van der Waals surface area (Å²) < 4.78 is 54.0. The van der Waals surface area contributed by atoms with E-state index in [1.54, 1.807) is 0 Å². The van der Waals surface area contributed by atoms with E-state index in [2.05, 4.69) is 13.8 Å². The molecule has 0 aromatic heterocycles. The second-order valence-corrected chi connectivity index (χ2v) is 11.4. The third-order valence-electron chi connectivity index (χ3n) is 7.05. The predicted octanol–water partition coefficient (Wildman–Crippen LogP) is 5.71. The summed E-state index contributed by atoms with van der Waals surface area (Å²) in [6, 6.07) is 0. The molecule has 0 N–H and O–H groups in total. The van der Waals surface area contributed by atoms with E-state index >= 15 is 0 Å². The summed E-state index contributed by atoms with van der Waals surface area (Å²) in [5, 5.41) is 0. The van der Waals surface area contributed by atoms with Gasteiger partial charge in [0.1, 0.15) is 13.2 Å². The molecule has 12 nitrogen and oxygen atoms in total. The third-order valence-corrected chi connectivity index (χ3v) is 7.05. The second kappa shape index (κ2) is 41.8. The molecule has 0 amide bonds. The highest BCUT2D eigenvalue weighted by atomic mass is 16.6. The van der Waals surface area contributed by atoms with E-state index in [4.69, 9.17) is 47.4 Å². The zero-order valence-electron chi connectivity index (χ0n) is 30.5. The van der Waals surface area contributed by atoms with Gasteiger partial charge >= 0.3 is 11.9 Å². The highest BCUT2D eigenvalue weighted by Gasteiger charge is 2.04. The van der Waals surface area contributed by atoms with Crippen molar-refractivity contribution in [2.45, 2.75) is 104 Å². The van der Waals surface area contributed by atoms with Gasteiger partial charge < -0.3 is 47.4 Å². The van der Waals surface area contributed by atoms with Crippen LogP contribution in [0.5, 0.6) is 0 Å². The predicted molar refractivity (Wildman–Crippen MR) is 184 cm³/mol. The molecule has 0 rings (SSSR count). The van der Waals surface area contributed by atoms with Crippen molar-refractivity contribution in [3.63, 3.8) is 0 Å². The van der Waals surface area contributed by atoms with Crippen LogP contribution in [-0.4, -0.2) is 131 Å². The van der Waals surface area contributed by atoms with Gasteiger partial charge in [0.05, 0.1) is 106 Å². The molecule has 0 heterocycles. The molecule has 286 valence electrons. The number of ether oxygens (including phenoxy) is 10. The molecule has 0 saturated carbocycles. The van der Waals surface area contributed by atoms with Crippen LogP contribution in [0.2, 0.25) is 0 Å². The Hall–Kier alpha value is -1.38. The maximum atomic E-state index is 11.7. The Kier molecular flexibility index (Phi) is 40.6. The zero-order valence-corrected chi connectivity index (χ0v) is 30.5. The van der Waals surface area contributed by atoms with Gasteiger partial charge in [0, 0.05) is 12.8 Å². The molecule has 0 aromatic rings. The van der Waals surface area contributed by atoms with Crippen LogP contribution < -0.4 is 0 Å². The largest absolute Gasteiger partial charge is 0.463 e. The maximum absolute atomic E-state index is 11.7. The first-order valence-corrected chi connectivity index (χ1v) is 18.6. The molecule has 0 unspecified atom stereocenters. The maximum Gasteiger partial charge on any atom is 0.305 e. The normalized spacial score (nSPS) is 11.3. The van der Waals surface area contributed by atoms with Crippen molar-refractivity contribution in [1.29, 1.82) is 0 Å². The van der Waals surface area contributed by atoms with Crippen molar-refractivity contribution in [1.82, 2.24) is 0 Å². The van der Waals surface area contributed by atoms with Crippen LogP contribution in [0.15, 0.2) is 0 Å². The van der Waals surface area contributed by atoms with Crippen molar-refractivity contribution in [3.05, 3.63) is 0 Å². The van der Waals surface area contributed by atoms with Crippen LogP contribution in [0.4, 0.5) is 0 Å². The molecule has 0 spiro atoms. The van der Waals surface area contributed by atoms with Gasteiger partial charge in [-0.25, -0.2) is 0 Å². The summed E-state index contributed by atoms with van der Waals surface area (Å²) in [7, 11) is 0. The fraction of sp³-hybridized carbons (Fsp3) is 0.944. The fourth-order valence-corrected chi connectivity index (χ4v) is 4.31. The Morgan fingerprint density at radius 3 is 0.750 bits per heavy atom. The first-order chi connectivity index (χ1) is 23.7. The Morgan fingerprint density at radius 2 is 0.500 bits per heavy atom. The van der Waals surface area contributed by atoms with Crippen LogP contribution in [0.25, 0.3) is 0 Å². The molecule has 0 aromatic carbocycles. The summed E-state index contributed by atoms with van der Waals surface area (Å²) in [6.07, 6.45) is 14.8. The summed E-state index contributed by atoms with van der Waals surface area (Å²) in [5.74, 6) is -0.290. The molecule has 0 bridgehead atoms. The Balaban J connectivity index is 3.14. The molecule has 0 aliphatic carbocycles. The van der Waals surface area contributed by atoms with Gasteiger partial charge in [0.15, 0.2) is 0 Å². The van der Waals surface area contributed by atoms with Crippen molar-refractivity contribution in [2.24, 2.45) is 0 Å². The highest BCUT2D eigenvalue weighted by Crippen LogP contribution is 2.08. The molecule has 0 saturated heterocycles. The van der Waals surface area contributed by atoms with Gasteiger partial charge in [-0.05, 0) is 12.8 Å². The van der Waals surface area contributed by atoms with Crippen LogP contribution in [0.1, 0.15) is 104 Å². The van der Waals surface area contributed by atoms with Crippen molar-refractivity contribution in [3.8, 4) is 0 Å². The molecule has 12 heteroatoms. The summed E-state index contributed by atoms with van der Waals surface area (Å²) in [5.41, 5.74) is 0. The number of carbonyl (C=O) groups is 2. The molecule has 0 fully saturated rings. The Labute approximate surface area is 291 Å². The monoisotopic (exact) mass is 694 g/mol. The minimum Gasteiger partial charge on any atom is -0.463 e. The van der Waals surface area contributed by atoms with Gasteiger partial charge in [0.2, 0.25) is 0 Å². The van der Waals surface area contributed by atoms with E-state index in [0.717, 1.165) is 25.7 Å². The molecule has 0 aliphatic heterocycles. The average molecular weight is 695 g/mol. The first kappa shape index (κ1) is 46.6. The van der Waals surface area contributed by atoms with Gasteiger partial charge in [-0.3, -0.25) is 9.59 Å². The average Bonchev–Trinajstić information content (AvgIpc) is 3.09. The lowest BCUT2D eigenvalue weighted by molar-refractivity contribution is -0.146. The zero-order chi connectivity index (χ0) is 34.9. The fourth-order valence-electron chi connectivity index (χ4n) is 4.31. The minimum atomic E-state index is -0.145. The second-order valence-electron chi connectivity index (χ2n) is 11.4. The number of carbonyl (C=O) groups excluding carboxylic acids is 2. The van der Waals surface area contributed by atoms with Crippen LogP contribution in [0, 0.1) is 0 Å². The van der Waals surface area contributed by atoms with Gasteiger partial charge in [-0.2, -0.15) is 0 Å². The number of unbranched alkanes of at least 4 members (excludes halogenated alkanes) is 10. The quantitative estimate of drug-likeness (QED) is 0.0575. The van der Waals surface area contributed by atoms with Gasteiger partial charge in [0.25, 0.3) is 0 Å². The first-order valence-electron chi connectivity index (χ1n) is 18.6. The van der Waals surface area contributed by atoms with Crippen LogP contribution >= 0.6 is 0 Å². The molecule has 48 heavy (non-hydrogen) atoms. The van der Waals surface area contributed by atoms with E-state index in [9.17, 15) is 9.59 Å². The lowest BCUT2D eigenvalue weighted by atomic mass is 10.1. The van der Waals surface area contributed by atoms with Crippen molar-refractivity contribution >= 4 is 11.9 Å². The third kappa shape index (κ3) is 40.8.